The molecule has 0 amide bonds. The number of aromatic nitrogens is 4. The molecule has 0 N–H and O–H groups in total. The number of pyridine rings is 2. The van der Waals surface area contributed by atoms with Crippen LogP contribution in [0.3, 0.4) is 0 Å². The summed E-state index contributed by atoms with van der Waals surface area (Å²) in [5.41, 5.74) is 11.6. The van der Waals surface area contributed by atoms with Crippen LogP contribution in [0.4, 0.5) is 0 Å². The normalized spacial score (nSPS) is 13.3. The first-order valence-electron chi connectivity index (χ1n) is 13.5. The largest absolute Gasteiger partial charge is 0.253 e. The molecule has 6 heteroatoms. The van der Waals surface area contributed by atoms with Crippen LogP contribution in [-0.2, 0) is 5.41 Å². The Balaban J connectivity index is 1.24. The third kappa shape index (κ3) is 3.86. The highest BCUT2D eigenvalue weighted by Crippen LogP contribution is 2.53. The molecular weight excluding hydrogens is 541 g/mol. The van der Waals surface area contributed by atoms with Gasteiger partial charge in [0.25, 0.3) is 0 Å². The van der Waals surface area contributed by atoms with Crippen LogP contribution in [0, 0.1) is 0 Å². The van der Waals surface area contributed by atoms with Crippen molar-refractivity contribution in [2.45, 2.75) is 19.3 Å². The lowest BCUT2D eigenvalue weighted by molar-refractivity contribution is 0.661. The first-order chi connectivity index (χ1) is 20.1. The second-order valence-corrected chi connectivity index (χ2v) is 12.6. The van der Waals surface area contributed by atoms with Crippen LogP contribution in [0.5, 0.6) is 0 Å². The van der Waals surface area contributed by atoms with Crippen molar-refractivity contribution in [2.75, 3.05) is 0 Å². The van der Waals surface area contributed by atoms with Crippen molar-refractivity contribution in [1.29, 1.82) is 0 Å². The molecule has 41 heavy (non-hydrogen) atoms. The van der Waals surface area contributed by atoms with Gasteiger partial charge in [0.05, 0.1) is 11.4 Å². The number of thiazole rings is 2. The maximum absolute atomic E-state index is 4.78. The Morgan fingerprint density at radius 3 is 1.80 bits per heavy atom. The van der Waals surface area contributed by atoms with Gasteiger partial charge >= 0.3 is 0 Å². The highest BCUT2D eigenvalue weighted by Gasteiger charge is 2.37. The number of rotatable bonds is 4. The predicted molar refractivity (Wildman–Crippen MR) is 170 cm³/mol. The Labute approximate surface area is 246 Å². The summed E-state index contributed by atoms with van der Waals surface area (Å²) in [6.07, 6.45) is 7.59. The standard InChI is InChI=1S/C35H24N4S2/c1-35(2)28-17-21(22-8-11-30(38-19-22)33-36-13-15-40-33)7-10-26(28)32-25-6-4-3-5-24(25)27(18-29(32)35)23-9-12-31(39-20-23)34-37-14-16-41-34/h3-20H,1-2H3. The fraction of sp³-hybridized carbons (Fsp3) is 0.0857. The minimum absolute atomic E-state index is 0.165. The zero-order valence-electron chi connectivity index (χ0n) is 22.5. The minimum Gasteiger partial charge on any atom is -0.253 e. The molecule has 0 fully saturated rings. The van der Waals surface area contributed by atoms with E-state index >= 15 is 0 Å². The van der Waals surface area contributed by atoms with E-state index in [1.54, 1.807) is 22.7 Å². The Morgan fingerprint density at radius 2 is 1.20 bits per heavy atom. The second kappa shape index (κ2) is 9.26. The van der Waals surface area contributed by atoms with Gasteiger partial charge in [-0.25, -0.2) is 9.97 Å². The van der Waals surface area contributed by atoms with Crippen molar-refractivity contribution in [2.24, 2.45) is 0 Å². The third-order valence-electron chi connectivity index (χ3n) is 8.15. The van der Waals surface area contributed by atoms with Gasteiger partial charge in [-0.2, -0.15) is 0 Å². The van der Waals surface area contributed by atoms with Crippen LogP contribution >= 0.6 is 22.7 Å². The molecule has 7 aromatic rings. The number of hydrogen-bond acceptors (Lipinski definition) is 6. The average Bonchev–Trinajstić information content (AvgIpc) is 3.79. The van der Waals surface area contributed by atoms with Gasteiger partial charge < -0.3 is 0 Å². The summed E-state index contributed by atoms with van der Waals surface area (Å²) in [5.74, 6) is 0. The molecule has 0 spiro atoms. The molecular formula is C35H24N4S2. The quantitative estimate of drug-likeness (QED) is 0.214. The minimum atomic E-state index is -0.165. The van der Waals surface area contributed by atoms with E-state index < -0.39 is 0 Å². The van der Waals surface area contributed by atoms with E-state index in [2.05, 4.69) is 96.6 Å². The van der Waals surface area contributed by atoms with Crippen molar-refractivity contribution < 1.29 is 0 Å². The van der Waals surface area contributed by atoms with Gasteiger partial charge in [-0.1, -0.05) is 62.4 Å². The van der Waals surface area contributed by atoms with Crippen LogP contribution in [0.1, 0.15) is 25.0 Å². The summed E-state index contributed by atoms with van der Waals surface area (Å²) < 4.78 is 0. The average molecular weight is 565 g/mol. The molecule has 0 aliphatic heterocycles. The van der Waals surface area contributed by atoms with Crippen LogP contribution in [0.15, 0.2) is 108 Å². The van der Waals surface area contributed by atoms with Crippen molar-refractivity contribution in [1.82, 2.24) is 19.9 Å². The van der Waals surface area contributed by atoms with E-state index in [4.69, 9.17) is 9.97 Å². The summed E-state index contributed by atoms with van der Waals surface area (Å²) in [5, 5.41) is 8.36. The summed E-state index contributed by atoms with van der Waals surface area (Å²) >= 11 is 3.22. The van der Waals surface area contributed by atoms with Crippen molar-refractivity contribution in [3.63, 3.8) is 0 Å². The van der Waals surface area contributed by atoms with Gasteiger partial charge in [0, 0.05) is 52.1 Å². The van der Waals surface area contributed by atoms with E-state index in [1.165, 1.54) is 44.2 Å². The van der Waals surface area contributed by atoms with Crippen LogP contribution in [0.2, 0.25) is 0 Å². The number of benzene rings is 3. The van der Waals surface area contributed by atoms with Gasteiger partial charge in [0.15, 0.2) is 0 Å². The van der Waals surface area contributed by atoms with Crippen molar-refractivity contribution in [3.8, 4) is 54.8 Å². The first kappa shape index (κ1) is 24.3. The molecule has 4 heterocycles. The molecule has 0 bridgehead atoms. The molecule has 0 saturated carbocycles. The van der Waals surface area contributed by atoms with E-state index in [0.29, 0.717) is 0 Å². The van der Waals surface area contributed by atoms with E-state index in [-0.39, 0.29) is 5.41 Å². The Kier molecular flexibility index (Phi) is 5.49. The van der Waals surface area contributed by atoms with E-state index in [0.717, 1.165) is 32.5 Å². The summed E-state index contributed by atoms with van der Waals surface area (Å²) in [4.78, 5) is 18.3. The zero-order valence-corrected chi connectivity index (χ0v) is 24.1. The maximum Gasteiger partial charge on any atom is 0.141 e. The fourth-order valence-corrected chi connectivity index (χ4v) is 7.30. The maximum atomic E-state index is 4.78. The Bertz CT molecular complexity index is 2040. The highest BCUT2D eigenvalue weighted by molar-refractivity contribution is 7.13. The summed E-state index contributed by atoms with van der Waals surface area (Å²) in [6, 6.07) is 26.5. The molecule has 4 aromatic heterocycles. The molecule has 8 rings (SSSR count). The van der Waals surface area contributed by atoms with E-state index in [1.807, 2.05) is 35.5 Å². The number of nitrogens with zero attached hydrogens (tertiary/aromatic N) is 4. The topological polar surface area (TPSA) is 51.6 Å². The molecule has 1 aliphatic carbocycles. The SMILES string of the molecule is CC1(C)c2cc(-c3ccc(-c4nccs4)nc3)ccc2-c2c1cc(-c1ccc(-c3nccs3)nc1)c1ccccc21. The molecule has 0 atom stereocenters. The molecule has 4 nitrogen and oxygen atoms in total. The van der Waals surface area contributed by atoms with Crippen LogP contribution in [-0.4, -0.2) is 19.9 Å². The van der Waals surface area contributed by atoms with E-state index in [9.17, 15) is 0 Å². The summed E-state index contributed by atoms with van der Waals surface area (Å²) in [6.45, 7) is 4.68. The summed E-state index contributed by atoms with van der Waals surface area (Å²) in [7, 11) is 0. The Hall–Kier alpha value is -4.52. The first-order valence-corrected chi connectivity index (χ1v) is 15.3. The van der Waals surface area contributed by atoms with Gasteiger partial charge in [-0.15, -0.1) is 22.7 Å². The second-order valence-electron chi connectivity index (χ2n) is 10.8. The van der Waals surface area contributed by atoms with Gasteiger partial charge in [-0.05, 0) is 68.4 Å². The van der Waals surface area contributed by atoms with Gasteiger partial charge in [0.1, 0.15) is 10.0 Å². The third-order valence-corrected chi connectivity index (χ3v) is 9.75. The van der Waals surface area contributed by atoms with Crippen LogP contribution < -0.4 is 0 Å². The Morgan fingerprint density at radius 1 is 0.561 bits per heavy atom. The molecule has 0 radical (unpaired) electrons. The monoisotopic (exact) mass is 564 g/mol. The molecule has 1 aliphatic rings. The lowest BCUT2D eigenvalue weighted by Gasteiger charge is -2.23. The number of hydrogen-bond donors (Lipinski definition) is 0. The smallest absolute Gasteiger partial charge is 0.141 e. The molecule has 0 saturated heterocycles. The molecule has 0 unspecified atom stereocenters. The highest BCUT2D eigenvalue weighted by atomic mass is 32.1. The molecule has 196 valence electrons. The van der Waals surface area contributed by atoms with Crippen molar-refractivity contribution in [3.05, 3.63) is 119 Å². The zero-order chi connectivity index (χ0) is 27.6. The predicted octanol–water partition coefficient (Wildman–Crippen LogP) is 9.52. The van der Waals surface area contributed by atoms with Crippen LogP contribution in [0.25, 0.3) is 65.6 Å². The molecule has 3 aromatic carbocycles. The number of fused-ring (bicyclic) bond motifs is 5. The lowest BCUT2D eigenvalue weighted by atomic mass is 9.80. The lowest BCUT2D eigenvalue weighted by Crippen LogP contribution is -2.15. The van der Waals surface area contributed by atoms with Crippen molar-refractivity contribution >= 4 is 33.4 Å². The van der Waals surface area contributed by atoms with Gasteiger partial charge in [0.2, 0.25) is 0 Å². The van der Waals surface area contributed by atoms with Gasteiger partial charge in [-0.3, -0.25) is 9.97 Å². The fourth-order valence-electron chi connectivity index (χ4n) is 6.07.